The highest BCUT2D eigenvalue weighted by Crippen LogP contribution is 2.36. The molecule has 24 heavy (non-hydrogen) atoms. The predicted molar refractivity (Wildman–Crippen MR) is 97.8 cm³/mol. The van der Waals surface area contributed by atoms with Gasteiger partial charge >= 0.3 is 0 Å². The molecule has 0 bridgehead atoms. The molecule has 0 amide bonds. The Morgan fingerprint density at radius 1 is 1.04 bits per heavy atom. The second kappa shape index (κ2) is 8.04. The zero-order chi connectivity index (χ0) is 16.8. The van der Waals surface area contributed by atoms with E-state index < -0.39 is 0 Å². The fourth-order valence-electron chi connectivity index (χ4n) is 2.27. The van der Waals surface area contributed by atoms with Gasteiger partial charge in [0.25, 0.3) is 0 Å². The predicted octanol–water partition coefficient (Wildman–Crippen LogP) is 4.49. The Bertz CT molecular complexity index is 783. The Hall–Kier alpha value is -2.24. The van der Waals surface area contributed by atoms with Crippen LogP contribution in [0.1, 0.15) is 6.92 Å². The Balaban J connectivity index is 1.65. The smallest absolute Gasteiger partial charge is 0.154 e. The molecule has 0 atom stereocenters. The summed E-state index contributed by atoms with van der Waals surface area (Å²) in [6.45, 7) is 4.52. The molecule has 0 saturated heterocycles. The van der Waals surface area contributed by atoms with Crippen molar-refractivity contribution in [3.05, 3.63) is 47.8 Å². The van der Waals surface area contributed by atoms with Crippen LogP contribution in [0.5, 0.6) is 23.0 Å². The van der Waals surface area contributed by atoms with Crippen molar-refractivity contribution in [2.24, 2.45) is 0 Å². The lowest BCUT2D eigenvalue weighted by molar-refractivity contribution is 0.315. The van der Waals surface area contributed by atoms with Crippen LogP contribution < -0.4 is 19.5 Å². The Kier molecular flexibility index (Phi) is 5.56. The number of benzene rings is 2. The maximum absolute atomic E-state index is 5.95. The number of hydrogen-bond donors (Lipinski definition) is 1. The highest BCUT2D eigenvalue weighted by atomic mass is 32.1. The average Bonchev–Trinajstić information content (AvgIpc) is 3.02. The van der Waals surface area contributed by atoms with Gasteiger partial charge in [0.15, 0.2) is 5.75 Å². The number of fused-ring (bicyclic) bond motifs is 1. The molecule has 0 saturated carbocycles. The van der Waals surface area contributed by atoms with Crippen LogP contribution in [-0.4, -0.2) is 26.8 Å². The van der Waals surface area contributed by atoms with Gasteiger partial charge in [-0.15, -0.1) is 11.3 Å². The molecule has 125 valence electrons. The molecule has 1 radical (unpaired) electrons. The third-order valence-corrected chi connectivity index (χ3v) is 4.37. The van der Waals surface area contributed by atoms with E-state index in [1.165, 1.54) is 11.3 Å². The number of methoxy groups -OCH3 is 1. The summed E-state index contributed by atoms with van der Waals surface area (Å²) in [4.78, 5) is 0. The first-order chi connectivity index (χ1) is 11.8. The van der Waals surface area contributed by atoms with E-state index in [9.17, 15) is 0 Å². The molecule has 1 N–H and O–H groups in total. The van der Waals surface area contributed by atoms with Crippen LogP contribution in [-0.2, 0) is 0 Å². The average molecular weight is 342 g/mol. The first kappa shape index (κ1) is 16.6. The lowest BCUT2D eigenvalue weighted by Crippen LogP contribution is -2.20. The zero-order valence-corrected chi connectivity index (χ0v) is 14.6. The summed E-state index contributed by atoms with van der Waals surface area (Å²) in [7, 11) is 1.66. The van der Waals surface area contributed by atoms with Crippen molar-refractivity contribution >= 4 is 21.4 Å². The van der Waals surface area contributed by atoms with E-state index in [4.69, 9.17) is 14.2 Å². The van der Waals surface area contributed by atoms with E-state index >= 15 is 0 Å². The minimum atomic E-state index is 0.652. The van der Waals surface area contributed by atoms with E-state index in [-0.39, 0.29) is 0 Å². The van der Waals surface area contributed by atoms with Crippen LogP contribution in [0.2, 0.25) is 0 Å². The maximum Gasteiger partial charge on any atom is 0.154 e. The molecule has 4 nitrogen and oxygen atoms in total. The van der Waals surface area contributed by atoms with Gasteiger partial charge in [-0.05, 0) is 49.0 Å². The molecule has 3 aromatic rings. The number of thiophene rings is 1. The zero-order valence-electron chi connectivity index (χ0n) is 13.8. The highest BCUT2D eigenvalue weighted by Gasteiger charge is 2.08. The Labute approximate surface area is 146 Å². The van der Waals surface area contributed by atoms with Crippen molar-refractivity contribution in [1.29, 1.82) is 0 Å². The fraction of sp³-hybridized carbons (Fsp3) is 0.263. The molecule has 1 heterocycles. The van der Waals surface area contributed by atoms with Crippen LogP contribution >= 0.6 is 11.3 Å². The summed E-state index contributed by atoms with van der Waals surface area (Å²) >= 11 is 1.52. The Morgan fingerprint density at radius 2 is 1.79 bits per heavy atom. The normalized spacial score (nSPS) is 10.8. The molecule has 2 aromatic carbocycles. The van der Waals surface area contributed by atoms with Gasteiger partial charge in [-0.25, -0.2) is 0 Å². The topological polar surface area (TPSA) is 39.7 Å². The largest absolute Gasteiger partial charge is 0.497 e. The number of hydrogen-bond acceptors (Lipinski definition) is 5. The molecule has 0 unspecified atom stereocenters. The van der Waals surface area contributed by atoms with Crippen molar-refractivity contribution in [1.82, 2.24) is 5.32 Å². The number of nitrogens with one attached hydrogen (secondary N) is 1. The minimum absolute atomic E-state index is 0.652. The lowest BCUT2D eigenvalue weighted by atomic mass is 10.2. The van der Waals surface area contributed by atoms with Gasteiger partial charge in [0, 0.05) is 16.6 Å². The van der Waals surface area contributed by atoms with Crippen LogP contribution in [0.15, 0.2) is 42.5 Å². The van der Waals surface area contributed by atoms with Crippen molar-refractivity contribution in [3.8, 4) is 23.0 Å². The molecule has 0 spiro atoms. The first-order valence-corrected chi connectivity index (χ1v) is 8.71. The van der Waals surface area contributed by atoms with Crippen molar-refractivity contribution in [3.63, 3.8) is 0 Å². The van der Waals surface area contributed by atoms with E-state index in [2.05, 4.69) is 17.6 Å². The molecule has 0 aliphatic rings. The lowest BCUT2D eigenvalue weighted by Gasteiger charge is -2.08. The van der Waals surface area contributed by atoms with Gasteiger partial charge < -0.3 is 19.5 Å². The number of likely N-dealkylation sites (N-methyl/N-ethyl adjacent to an activating group) is 1. The van der Waals surface area contributed by atoms with Gasteiger partial charge in [-0.3, -0.25) is 0 Å². The van der Waals surface area contributed by atoms with Crippen LogP contribution in [0.3, 0.4) is 0 Å². The van der Waals surface area contributed by atoms with Crippen LogP contribution in [0, 0.1) is 5.38 Å². The Morgan fingerprint density at radius 3 is 2.54 bits per heavy atom. The SMILES string of the molecule is CCNCCOc1ccc(Oc2[c]sc3cc(OC)ccc23)cc1. The van der Waals surface area contributed by atoms with Gasteiger partial charge in [0.05, 0.1) is 12.5 Å². The van der Waals surface area contributed by atoms with Crippen molar-refractivity contribution in [2.75, 3.05) is 26.8 Å². The third kappa shape index (κ3) is 3.99. The maximum atomic E-state index is 5.95. The second-order valence-electron chi connectivity index (χ2n) is 5.17. The van der Waals surface area contributed by atoms with Gasteiger partial charge in [-0.2, -0.15) is 0 Å². The quantitative estimate of drug-likeness (QED) is 0.612. The molecule has 3 rings (SSSR count). The monoisotopic (exact) mass is 342 g/mol. The van der Waals surface area contributed by atoms with Crippen molar-refractivity contribution in [2.45, 2.75) is 6.92 Å². The molecular formula is C19H20NO3S. The van der Waals surface area contributed by atoms with Crippen molar-refractivity contribution < 1.29 is 14.2 Å². The van der Waals surface area contributed by atoms with Gasteiger partial charge in [0.1, 0.15) is 23.9 Å². The third-order valence-electron chi connectivity index (χ3n) is 3.53. The van der Waals surface area contributed by atoms with Gasteiger partial charge in [0.2, 0.25) is 0 Å². The molecule has 5 heteroatoms. The van der Waals surface area contributed by atoms with E-state index in [0.717, 1.165) is 46.2 Å². The molecular weight excluding hydrogens is 322 g/mol. The summed E-state index contributed by atoms with van der Waals surface area (Å²) in [5.74, 6) is 3.17. The highest BCUT2D eigenvalue weighted by molar-refractivity contribution is 7.17. The minimum Gasteiger partial charge on any atom is -0.497 e. The standard InChI is InChI=1S/C19H20NO3S/c1-3-20-10-11-22-14-4-6-15(7-5-14)23-18-13-24-19-12-16(21-2)8-9-17(18)19/h4-9,12,20H,3,10-11H2,1-2H3. The van der Waals surface area contributed by atoms with Crippen LogP contribution in [0.4, 0.5) is 0 Å². The number of ether oxygens (including phenoxy) is 3. The van der Waals surface area contributed by atoms with Crippen LogP contribution in [0.25, 0.3) is 10.1 Å². The first-order valence-electron chi connectivity index (χ1n) is 7.90. The van der Waals surface area contributed by atoms with E-state index in [1.807, 2.05) is 42.5 Å². The molecule has 0 aliphatic carbocycles. The summed E-state index contributed by atoms with van der Waals surface area (Å²) in [5.41, 5.74) is 0. The summed E-state index contributed by atoms with van der Waals surface area (Å²) in [6, 6.07) is 13.6. The van der Waals surface area contributed by atoms with E-state index in [1.54, 1.807) is 7.11 Å². The fourth-order valence-corrected chi connectivity index (χ4v) is 3.07. The summed E-state index contributed by atoms with van der Waals surface area (Å²) in [5, 5.41) is 7.46. The second-order valence-corrected chi connectivity index (χ2v) is 6.02. The molecule has 0 fully saturated rings. The summed E-state index contributed by atoms with van der Waals surface area (Å²) in [6.07, 6.45) is 0. The summed E-state index contributed by atoms with van der Waals surface area (Å²) < 4.78 is 17.9. The molecule has 1 aromatic heterocycles. The molecule has 0 aliphatic heterocycles. The van der Waals surface area contributed by atoms with Gasteiger partial charge in [-0.1, -0.05) is 6.92 Å². The van der Waals surface area contributed by atoms with E-state index in [0.29, 0.717) is 6.61 Å². The number of rotatable bonds is 8.